The highest BCUT2D eigenvalue weighted by Crippen LogP contribution is 2.36. The summed E-state index contributed by atoms with van der Waals surface area (Å²) in [5.41, 5.74) is 2.06. The average molecular weight is 346 g/mol. The van der Waals surface area contributed by atoms with Crippen LogP contribution < -0.4 is 15.2 Å². The highest BCUT2D eigenvalue weighted by atomic mass is 16.5. The number of para-hydroxylation sites is 3. The Morgan fingerprint density at radius 3 is 2.62 bits per heavy atom. The third-order valence-corrected chi connectivity index (χ3v) is 4.33. The van der Waals surface area contributed by atoms with Crippen LogP contribution in [0.1, 0.15) is 18.2 Å². The van der Waals surface area contributed by atoms with Crippen LogP contribution >= 0.6 is 0 Å². The molecule has 0 radical (unpaired) electrons. The fourth-order valence-electron chi connectivity index (χ4n) is 3.07. The predicted octanol–water partition coefficient (Wildman–Crippen LogP) is 3.18. The van der Waals surface area contributed by atoms with Gasteiger partial charge in [-0.05, 0) is 24.3 Å². The lowest BCUT2D eigenvalue weighted by molar-refractivity contribution is 0.413. The van der Waals surface area contributed by atoms with Gasteiger partial charge in [-0.15, -0.1) is 0 Å². The standard InChI is InChI=1S/C20H18N4O2/c1-26-19-10-6-5-9-16(19)24-17(11-13-21-24)20-18(25)12-14-23(22-20)15-7-3-2-4-8-15/h2-10,12-14,17H,11H2,1H3. The molecular weight excluding hydrogens is 328 g/mol. The number of methoxy groups -OCH3 is 1. The van der Waals surface area contributed by atoms with Crippen molar-refractivity contribution in [3.63, 3.8) is 0 Å². The topological polar surface area (TPSA) is 59.7 Å². The van der Waals surface area contributed by atoms with E-state index in [0.717, 1.165) is 11.4 Å². The number of ether oxygens (including phenoxy) is 1. The largest absolute Gasteiger partial charge is 0.495 e. The number of benzene rings is 2. The Bertz CT molecular complexity index is 998. The molecule has 6 nitrogen and oxygen atoms in total. The molecule has 0 bridgehead atoms. The lowest BCUT2D eigenvalue weighted by atomic mass is 10.1. The Hall–Kier alpha value is -3.41. The Labute approximate surface area is 151 Å². The van der Waals surface area contributed by atoms with Crippen molar-refractivity contribution in [3.05, 3.63) is 82.8 Å². The van der Waals surface area contributed by atoms with Gasteiger partial charge in [0.1, 0.15) is 23.2 Å². The molecule has 3 aromatic rings. The van der Waals surface area contributed by atoms with Crippen molar-refractivity contribution >= 4 is 11.9 Å². The van der Waals surface area contributed by atoms with Crippen LogP contribution in [0, 0.1) is 0 Å². The van der Waals surface area contributed by atoms with E-state index >= 15 is 0 Å². The molecule has 130 valence electrons. The quantitative estimate of drug-likeness (QED) is 0.728. The van der Waals surface area contributed by atoms with Gasteiger partial charge < -0.3 is 4.74 Å². The van der Waals surface area contributed by atoms with Crippen molar-refractivity contribution in [1.82, 2.24) is 9.78 Å². The minimum Gasteiger partial charge on any atom is -0.495 e. The van der Waals surface area contributed by atoms with E-state index in [1.165, 1.54) is 0 Å². The summed E-state index contributed by atoms with van der Waals surface area (Å²) >= 11 is 0. The summed E-state index contributed by atoms with van der Waals surface area (Å²) in [6, 6.07) is 18.6. The van der Waals surface area contributed by atoms with E-state index in [4.69, 9.17) is 4.74 Å². The summed E-state index contributed by atoms with van der Waals surface area (Å²) in [5.74, 6) is 0.705. The molecule has 1 aromatic heterocycles. The summed E-state index contributed by atoms with van der Waals surface area (Å²) in [6.45, 7) is 0. The summed E-state index contributed by atoms with van der Waals surface area (Å²) in [6.07, 6.45) is 4.10. The van der Waals surface area contributed by atoms with Crippen LogP contribution in [0.4, 0.5) is 5.69 Å². The van der Waals surface area contributed by atoms with E-state index in [-0.39, 0.29) is 11.5 Å². The molecule has 1 aliphatic heterocycles. The van der Waals surface area contributed by atoms with Crippen molar-refractivity contribution in [2.75, 3.05) is 12.1 Å². The smallest absolute Gasteiger partial charge is 0.205 e. The van der Waals surface area contributed by atoms with Crippen molar-refractivity contribution in [1.29, 1.82) is 0 Å². The first kappa shape index (κ1) is 16.1. The molecule has 0 aliphatic carbocycles. The number of aromatic nitrogens is 2. The second kappa shape index (κ2) is 6.84. The van der Waals surface area contributed by atoms with Gasteiger partial charge in [-0.25, -0.2) is 4.68 Å². The molecule has 1 atom stereocenters. The normalized spacial score (nSPS) is 16.0. The van der Waals surface area contributed by atoms with Gasteiger partial charge >= 0.3 is 0 Å². The Morgan fingerprint density at radius 2 is 1.81 bits per heavy atom. The van der Waals surface area contributed by atoms with Gasteiger partial charge in [0, 0.05) is 24.9 Å². The lowest BCUT2D eigenvalue weighted by Crippen LogP contribution is -2.27. The van der Waals surface area contributed by atoms with Crippen LogP contribution in [-0.4, -0.2) is 23.1 Å². The van der Waals surface area contributed by atoms with Crippen LogP contribution in [0.15, 0.2) is 76.8 Å². The third kappa shape index (κ3) is 2.86. The molecule has 2 aromatic carbocycles. The van der Waals surface area contributed by atoms with Gasteiger partial charge in [-0.1, -0.05) is 30.3 Å². The molecule has 0 saturated heterocycles. The molecule has 0 saturated carbocycles. The molecular formula is C20H18N4O2. The lowest BCUT2D eigenvalue weighted by Gasteiger charge is -2.24. The van der Waals surface area contributed by atoms with Crippen LogP contribution in [0.25, 0.3) is 5.69 Å². The molecule has 1 aliphatic rings. The zero-order valence-corrected chi connectivity index (χ0v) is 14.3. The number of hydrazone groups is 1. The molecule has 0 amide bonds. The zero-order chi connectivity index (χ0) is 17.9. The summed E-state index contributed by atoms with van der Waals surface area (Å²) in [5, 5.41) is 10.9. The van der Waals surface area contributed by atoms with E-state index in [2.05, 4.69) is 10.2 Å². The summed E-state index contributed by atoms with van der Waals surface area (Å²) in [4.78, 5) is 12.5. The Morgan fingerprint density at radius 1 is 1.04 bits per heavy atom. The molecule has 6 heteroatoms. The maximum atomic E-state index is 12.5. The van der Waals surface area contributed by atoms with Crippen molar-refractivity contribution < 1.29 is 4.74 Å². The van der Waals surface area contributed by atoms with Gasteiger partial charge in [-0.2, -0.15) is 10.2 Å². The summed E-state index contributed by atoms with van der Waals surface area (Å²) in [7, 11) is 1.62. The highest BCUT2D eigenvalue weighted by Gasteiger charge is 2.29. The van der Waals surface area contributed by atoms with Crippen LogP contribution in [0.5, 0.6) is 5.75 Å². The SMILES string of the molecule is COc1ccccc1N1N=CCC1c1nn(-c2ccccc2)ccc1=O. The third-order valence-electron chi connectivity index (χ3n) is 4.33. The Kier molecular flexibility index (Phi) is 4.23. The van der Waals surface area contributed by atoms with Crippen molar-refractivity contribution in [3.8, 4) is 11.4 Å². The van der Waals surface area contributed by atoms with E-state index in [9.17, 15) is 4.79 Å². The fourth-order valence-corrected chi connectivity index (χ4v) is 3.07. The van der Waals surface area contributed by atoms with Crippen LogP contribution in [0.2, 0.25) is 0 Å². The number of hydrogen-bond donors (Lipinski definition) is 0. The zero-order valence-electron chi connectivity index (χ0n) is 14.3. The fraction of sp³-hybridized carbons (Fsp3) is 0.150. The molecule has 26 heavy (non-hydrogen) atoms. The predicted molar refractivity (Wildman–Crippen MR) is 101 cm³/mol. The number of nitrogens with zero attached hydrogens (tertiary/aromatic N) is 4. The molecule has 2 heterocycles. The minimum absolute atomic E-state index is 0.104. The van der Waals surface area contributed by atoms with Crippen LogP contribution in [-0.2, 0) is 0 Å². The first-order valence-corrected chi connectivity index (χ1v) is 8.38. The number of hydrogen-bond acceptors (Lipinski definition) is 5. The molecule has 0 N–H and O–H groups in total. The number of anilines is 1. The van der Waals surface area contributed by atoms with Gasteiger partial charge in [0.25, 0.3) is 0 Å². The number of rotatable bonds is 4. The summed E-state index contributed by atoms with van der Waals surface area (Å²) < 4.78 is 7.16. The Balaban J connectivity index is 1.76. The van der Waals surface area contributed by atoms with E-state index in [0.29, 0.717) is 17.9 Å². The molecule has 0 spiro atoms. The van der Waals surface area contributed by atoms with Crippen molar-refractivity contribution in [2.45, 2.75) is 12.5 Å². The highest BCUT2D eigenvalue weighted by molar-refractivity contribution is 5.70. The van der Waals surface area contributed by atoms with E-state index < -0.39 is 0 Å². The van der Waals surface area contributed by atoms with Gasteiger partial charge in [0.2, 0.25) is 5.43 Å². The van der Waals surface area contributed by atoms with Gasteiger partial charge in [-0.3, -0.25) is 9.80 Å². The molecule has 0 fully saturated rings. The average Bonchev–Trinajstić information content (AvgIpc) is 3.18. The van der Waals surface area contributed by atoms with E-state index in [1.807, 2.05) is 54.6 Å². The first-order chi connectivity index (χ1) is 12.8. The van der Waals surface area contributed by atoms with Gasteiger partial charge in [0.15, 0.2) is 0 Å². The maximum absolute atomic E-state index is 12.5. The molecule has 1 unspecified atom stereocenters. The maximum Gasteiger partial charge on any atom is 0.205 e. The van der Waals surface area contributed by atoms with Gasteiger partial charge in [0.05, 0.1) is 12.8 Å². The second-order valence-corrected chi connectivity index (χ2v) is 5.91. The first-order valence-electron chi connectivity index (χ1n) is 8.38. The molecule has 4 rings (SSSR count). The van der Waals surface area contributed by atoms with Crippen molar-refractivity contribution in [2.24, 2.45) is 5.10 Å². The monoisotopic (exact) mass is 346 g/mol. The second-order valence-electron chi connectivity index (χ2n) is 5.91. The minimum atomic E-state index is -0.269. The van der Waals surface area contributed by atoms with Crippen LogP contribution in [0.3, 0.4) is 0 Å². The van der Waals surface area contributed by atoms with E-state index in [1.54, 1.807) is 35.3 Å².